The Morgan fingerprint density at radius 2 is 0.711 bits per heavy atom. The van der Waals surface area contributed by atoms with Crippen molar-refractivity contribution in [3.8, 4) is 44.5 Å². The van der Waals surface area contributed by atoms with Gasteiger partial charge in [-0.05, 0) is 124 Å². The molecule has 0 saturated heterocycles. The monoisotopic (exact) mass is 947 g/mol. The van der Waals surface area contributed by atoms with Gasteiger partial charge in [-0.2, -0.15) is 0 Å². The van der Waals surface area contributed by atoms with Crippen LogP contribution in [0.1, 0.15) is 125 Å². The van der Waals surface area contributed by atoms with E-state index < -0.39 is 16.2 Å². The summed E-state index contributed by atoms with van der Waals surface area (Å²) in [6, 6.07) is 33.5. The van der Waals surface area contributed by atoms with Gasteiger partial charge in [-0.15, -0.1) is 21.9 Å². The molecular weight excluding hydrogens is 900 g/mol. The molecule has 0 unspecified atom stereocenters. The summed E-state index contributed by atoms with van der Waals surface area (Å²) in [5.74, 6) is 0. The van der Waals surface area contributed by atoms with Gasteiger partial charge in [0, 0.05) is 27.8 Å². The molecule has 0 aromatic heterocycles. The van der Waals surface area contributed by atoms with Gasteiger partial charge in [0.2, 0.25) is 0 Å². The summed E-state index contributed by atoms with van der Waals surface area (Å²) in [5, 5.41) is 0. The third kappa shape index (κ3) is 6.33. The van der Waals surface area contributed by atoms with Crippen LogP contribution in [-0.2, 0) is 27.1 Å². The van der Waals surface area contributed by atoms with Crippen molar-refractivity contribution in [2.45, 2.75) is 96.3 Å². The SMILES string of the molecule is [B]c1c(N(c2cc3c(c([B])c2[B])-c2c([B])c([B])c([B])c([B])c2C3(C)C)c2cc(C(C)(C)C)cc3c2-c2ccc(C(C)(C)C)cc2C32c3ccccc3-c3ccccc32)cc2c(c1[B])-c1c([B])c([B])c([B])c([B])c1C2(C)C. The fraction of sp³-hybridized carbons (Fsp3) is 0.238. The molecule has 0 aliphatic heterocycles. The second kappa shape index (κ2) is 16.2. The Hall–Kier alpha value is -5.66. The molecule has 76 heavy (non-hydrogen) atoms. The molecule has 0 saturated carbocycles. The third-order valence-corrected chi connectivity index (χ3v) is 17.8. The van der Waals surface area contributed by atoms with E-state index in [9.17, 15) is 0 Å². The fourth-order valence-corrected chi connectivity index (χ4v) is 13.8. The number of rotatable bonds is 3. The van der Waals surface area contributed by atoms with Gasteiger partial charge < -0.3 is 4.90 Å². The molecule has 4 aliphatic carbocycles. The van der Waals surface area contributed by atoms with Crippen LogP contribution >= 0.6 is 0 Å². The van der Waals surface area contributed by atoms with E-state index in [0.29, 0.717) is 55.5 Å². The molecule has 1 spiro atoms. The molecule has 8 aromatic carbocycles. The number of nitrogens with zero attached hydrogens (tertiary/aromatic N) is 1. The summed E-state index contributed by atoms with van der Waals surface area (Å²) in [5.41, 5.74) is 19.2. The summed E-state index contributed by atoms with van der Waals surface area (Å²) in [7, 11) is 84.5. The van der Waals surface area contributed by atoms with E-state index in [1.807, 2.05) is 0 Å². The molecule has 4 aliphatic rings. The quantitative estimate of drug-likeness (QED) is 0.246. The Kier molecular flexibility index (Phi) is 10.9. The van der Waals surface area contributed by atoms with E-state index in [0.717, 1.165) is 50.2 Å². The topological polar surface area (TPSA) is 3.24 Å². The van der Waals surface area contributed by atoms with Gasteiger partial charge in [0.1, 0.15) is 94.2 Å². The number of anilines is 3. The molecule has 0 bridgehead atoms. The minimum atomic E-state index is -0.805. The van der Waals surface area contributed by atoms with Crippen molar-refractivity contribution in [3.63, 3.8) is 0 Å². The molecule has 24 radical (unpaired) electrons. The van der Waals surface area contributed by atoms with Crippen molar-refractivity contribution in [2.24, 2.45) is 0 Å². The van der Waals surface area contributed by atoms with Gasteiger partial charge in [0.25, 0.3) is 0 Å². The van der Waals surface area contributed by atoms with E-state index >= 15 is 0 Å². The highest BCUT2D eigenvalue weighted by atomic mass is 15.2. The second-order valence-electron chi connectivity index (χ2n) is 24.7. The van der Waals surface area contributed by atoms with E-state index in [1.54, 1.807) is 0 Å². The predicted octanol–water partition coefficient (Wildman–Crippen LogP) is 2.23. The predicted molar refractivity (Wildman–Crippen MR) is 335 cm³/mol. The lowest BCUT2D eigenvalue weighted by atomic mass is 9.61. The minimum absolute atomic E-state index is 0.181. The van der Waals surface area contributed by atoms with Crippen molar-refractivity contribution in [1.29, 1.82) is 0 Å². The third-order valence-electron chi connectivity index (χ3n) is 17.8. The zero-order valence-corrected chi connectivity index (χ0v) is 45.0. The fourth-order valence-electron chi connectivity index (χ4n) is 13.8. The molecule has 0 heterocycles. The summed E-state index contributed by atoms with van der Waals surface area (Å²) in [6.07, 6.45) is 0. The van der Waals surface area contributed by atoms with Crippen molar-refractivity contribution >= 4 is 177 Å². The summed E-state index contributed by atoms with van der Waals surface area (Å²) in [6.45, 7) is 21.9. The van der Waals surface area contributed by atoms with Crippen LogP contribution in [0.3, 0.4) is 0 Å². The molecule has 0 amide bonds. The Balaban J connectivity index is 1.28. The average Bonchev–Trinajstić information content (AvgIpc) is 4.22. The lowest BCUT2D eigenvalue weighted by molar-refractivity contribution is 0.586. The molecule has 0 fully saturated rings. The average molecular weight is 946 g/mol. The number of fused-ring (bicyclic) bond motifs is 16. The van der Waals surface area contributed by atoms with Gasteiger partial charge in [0.15, 0.2) is 0 Å². The highest BCUT2D eigenvalue weighted by molar-refractivity contribution is 6.66. The van der Waals surface area contributed by atoms with Crippen molar-refractivity contribution in [3.05, 3.63) is 147 Å². The Morgan fingerprint density at radius 1 is 0.316 bits per heavy atom. The zero-order valence-electron chi connectivity index (χ0n) is 45.0. The number of hydrogen-bond acceptors (Lipinski definition) is 1. The first-order chi connectivity index (χ1) is 35.5. The lowest BCUT2D eigenvalue weighted by Crippen LogP contribution is -2.51. The van der Waals surface area contributed by atoms with Crippen LogP contribution in [0.25, 0.3) is 44.5 Å². The first-order valence-corrected chi connectivity index (χ1v) is 25.8. The van der Waals surface area contributed by atoms with E-state index in [-0.39, 0.29) is 54.5 Å². The van der Waals surface area contributed by atoms with Gasteiger partial charge in [-0.25, -0.2) is 0 Å². The molecule has 13 heteroatoms. The maximum atomic E-state index is 7.68. The van der Waals surface area contributed by atoms with Crippen LogP contribution in [0, 0.1) is 0 Å². The molecule has 0 atom stereocenters. The highest BCUT2D eigenvalue weighted by Gasteiger charge is 2.54. The molecular formula is C63H45B12N. The van der Waals surface area contributed by atoms with Crippen molar-refractivity contribution < 1.29 is 0 Å². The molecule has 0 N–H and O–H groups in total. The van der Waals surface area contributed by atoms with Gasteiger partial charge >= 0.3 is 0 Å². The first kappa shape index (κ1) is 51.1. The Labute approximate surface area is 466 Å². The van der Waals surface area contributed by atoms with E-state index in [4.69, 9.17) is 94.2 Å². The molecule has 338 valence electrons. The Bertz CT molecular complexity index is 3810. The normalized spacial score (nSPS) is 15.4. The van der Waals surface area contributed by atoms with E-state index in [1.165, 1.54) is 33.4 Å². The summed E-state index contributed by atoms with van der Waals surface area (Å²) in [4.78, 5) is 2.17. The van der Waals surface area contributed by atoms with Crippen LogP contribution in [0.4, 0.5) is 17.1 Å². The van der Waals surface area contributed by atoms with E-state index in [2.05, 4.69) is 165 Å². The van der Waals surface area contributed by atoms with Crippen molar-refractivity contribution in [2.75, 3.05) is 4.90 Å². The van der Waals surface area contributed by atoms with Gasteiger partial charge in [-0.1, -0.05) is 186 Å². The molecule has 1 nitrogen and oxygen atoms in total. The molecule has 12 rings (SSSR count). The highest BCUT2D eigenvalue weighted by Crippen LogP contribution is 2.66. The van der Waals surface area contributed by atoms with Gasteiger partial charge in [0.05, 0.1) is 11.1 Å². The number of benzene rings is 8. The maximum absolute atomic E-state index is 7.68. The zero-order chi connectivity index (χ0) is 54.7. The van der Waals surface area contributed by atoms with Crippen LogP contribution in [0.15, 0.2) is 91.0 Å². The number of hydrogen-bond donors (Lipinski definition) is 0. The second-order valence-corrected chi connectivity index (χ2v) is 24.7. The van der Waals surface area contributed by atoms with Crippen molar-refractivity contribution in [1.82, 2.24) is 0 Å². The first-order valence-electron chi connectivity index (χ1n) is 25.8. The van der Waals surface area contributed by atoms with Crippen LogP contribution in [0.5, 0.6) is 0 Å². The largest absolute Gasteiger partial charge is 0.311 e. The standard InChI is InChI=1S/C63H45B12N/c1-59(2,3)26-19-20-30-33(21-26)63(31-17-13-11-15-28(31)29-16-12-14-18-32(29)63)36-22-27(60(4,5)6)23-37(40(30)36)76(38-24-34-41(49(66)47(38)64)43-45(61(34,7)8)53(70)57(74)55(72)51(43)68)39-25-35-42(50(67)48(39)65)44-46(62(35,9)10)54(71)58(75)56(73)52(44)69/h11-25H,1-10H3. The van der Waals surface area contributed by atoms with Crippen LogP contribution in [0.2, 0.25) is 0 Å². The summed E-state index contributed by atoms with van der Waals surface area (Å²) < 4.78 is 0. The van der Waals surface area contributed by atoms with Crippen LogP contribution in [-0.4, -0.2) is 94.2 Å². The van der Waals surface area contributed by atoms with Crippen LogP contribution < -0.4 is 70.5 Å². The lowest BCUT2D eigenvalue weighted by Gasteiger charge is -2.37. The Morgan fingerprint density at radius 3 is 1.14 bits per heavy atom. The molecule has 8 aromatic rings. The van der Waals surface area contributed by atoms with Gasteiger partial charge in [-0.3, -0.25) is 0 Å². The smallest absolute Gasteiger partial charge is 0.115 e. The summed E-state index contributed by atoms with van der Waals surface area (Å²) >= 11 is 0. The maximum Gasteiger partial charge on any atom is 0.115 e. The minimum Gasteiger partial charge on any atom is -0.311 e.